The van der Waals surface area contributed by atoms with Gasteiger partial charge in [-0.05, 0) is 47.2 Å². The highest BCUT2D eigenvalue weighted by Gasteiger charge is 2.41. The van der Waals surface area contributed by atoms with Crippen LogP contribution >= 0.6 is 0 Å². The Bertz CT molecular complexity index is 1320. The lowest BCUT2D eigenvalue weighted by molar-refractivity contribution is -0.120. The Kier molecular flexibility index (Phi) is 6.35. The molecule has 1 heterocycles. The van der Waals surface area contributed by atoms with E-state index in [2.05, 4.69) is 24.5 Å². The third-order valence-corrected chi connectivity index (χ3v) is 6.84. The first-order chi connectivity index (χ1) is 17.3. The van der Waals surface area contributed by atoms with E-state index in [-0.39, 0.29) is 29.5 Å². The van der Waals surface area contributed by atoms with Crippen molar-refractivity contribution < 1.29 is 14.0 Å². The quantitative estimate of drug-likeness (QED) is 0.485. The highest BCUT2D eigenvalue weighted by Crippen LogP contribution is 2.48. The van der Waals surface area contributed by atoms with Gasteiger partial charge in [-0.15, -0.1) is 0 Å². The van der Waals surface area contributed by atoms with E-state index in [1.54, 1.807) is 12.1 Å². The minimum absolute atomic E-state index is 0.0427. The van der Waals surface area contributed by atoms with Gasteiger partial charge in [0.2, 0.25) is 5.91 Å². The van der Waals surface area contributed by atoms with E-state index in [1.807, 2.05) is 59.5 Å². The van der Waals surface area contributed by atoms with E-state index >= 15 is 0 Å². The van der Waals surface area contributed by atoms with E-state index in [0.717, 1.165) is 28.2 Å². The molecule has 3 aromatic rings. The number of nitrogens with zero attached hydrogens (tertiary/aromatic N) is 1. The maximum Gasteiger partial charge on any atom is 0.239 e. The number of carbonyl (C=O) groups excluding carboxylic acids is 2. The molecule has 3 aromatic carbocycles. The molecule has 0 radical (unpaired) electrons. The molecule has 184 valence electrons. The molecular weight excluding hydrogens is 453 g/mol. The molecule has 0 saturated carbocycles. The number of carbonyl (C=O) groups is 2. The molecule has 1 aliphatic heterocycles. The lowest BCUT2D eigenvalue weighted by Gasteiger charge is -2.37. The average molecular weight is 484 g/mol. The molecule has 1 atom stereocenters. The summed E-state index contributed by atoms with van der Waals surface area (Å²) < 4.78 is 13.9. The first-order valence-electron chi connectivity index (χ1n) is 12.3. The van der Waals surface area contributed by atoms with Gasteiger partial charge in [-0.3, -0.25) is 9.59 Å². The second-order valence-corrected chi connectivity index (χ2v) is 10.3. The fraction of sp³-hybridized carbons (Fsp3) is 0.267. The lowest BCUT2D eigenvalue weighted by atomic mass is 9.73. The van der Waals surface area contributed by atoms with Crippen molar-refractivity contribution >= 4 is 23.1 Å². The molecular formula is C30H30FN3O2. The van der Waals surface area contributed by atoms with E-state index in [1.165, 1.54) is 12.1 Å². The summed E-state index contributed by atoms with van der Waals surface area (Å²) in [6.07, 6.45) is 1.11. The van der Waals surface area contributed by atoms with Crippen molar-refractivity contribution in [1.29, 1.82) is 0 Å². The van der Waals surface area contributed by atoms with Gasteiger partial charge in [0.15, 0.2) is 5.78 Å². The van der Waals surface area contributed by atoms with E-state index in [9.17, 15) is 14.0 Å². The number of benzene rings is 3. The van der Waals surface area contributed by atoms with Crippen molar-refractivity contribution in [3.05, 3.63) is 107 Å². The number of fused-ring (bicyclic) bond motifs is 1. The van der Waals surface area contributed by atoms with Gasteiger partial charge in [-0.1, -0.05) is 68.4 Å². The average Bonchev–Trinajstić information content (AvgIpc) is 2.98. The zero-order chi connectivity index (χ0) is 25.3. The molecule has 5 rings (SSSR count). The predicted molar refractivity (Wildman–Crippen MR) is 140 cm³/mol. The van der Waals surface area contributed by atoms with Crippen molar-refractivity contribution in [2.24, 2.45) is 5.41 Å². The van der Waals surface area contributed by atoms with Gasteiger partial charge < -0.3 is 15.5 Å². The van der Waals surface area contributed by atoms with Crippen LogP contribution in [-0.4, -0.2) is 18.2 Å². The molecule has 0 spiro atoms. The normalized spacial score (nSPS) is 18.6. The van der Waals surface area contributed by atoms with Crippen LogP contribution in [0.3, 0.4) is 0 Å². The standard InChI is InChI=1S/C30H30FN3O2/c1-30(2)16-24-28(26(35)17-30)29(21-12-14-22(31)15-13-21)34(25-11-7-6-10-23(25)33-24)19-27(36)32-18-20-8-4-3-5-9-20/h3-15,29,33H,16-19H2,1-2H3,(H,32,36). The Balaban J connectivity index is 1.58. The maximum atomic E-state index is 13.9. The zero-order valence-electron chi connectivity index (χ0n) is 20.6. The van der Waals surface area contributed by atoms with E-state index in [4.69, 9.17) is 0 Å². The number of hydrogen-bond acceptors (Lipinski definition) is 4. The topological polar surface area (TPSA) is 61.4 Å². The number of allylic oxidation sites excluding steroid dienone is 1. The van der Waals surface area contributed by atoms with Crippen molar-refractivity contribution in [3.8, 4) is 0 Å². The van der Waals surface area contributed by atoms with Gasteiger partial charge in [0.05, 0.1) is 24.0 Å². The fourth-order valence-corrected chi connectivity index (χ4v) is 5.23. The number of Topliss-reactive ketones (excluding diaryl/α,β-unsaturated/α-hetero) is 1. The minimum Gasteiger partial charge on any atom is -0.357 e. The van der Waals surface area contributed by atoms with Crippen LogP contribution in [-0.2, 0) is 16.1 Å². The maximum absolute atomic E-state index is 13.9. The minimum atomic E-state index is -0.525. The lowest BCUT2D eigenvalue weighted by Crippen LogP contribution is -2.41. The summed E-state index contributed by atoms with van der Waals surface area (Å²) in [6.45, 7) is 4.64. The van der Waals surface area contributed by atoms with E-state index in [0.29, 0.717) is 25.0 Å². The molecule has 1 aliphatic carbocycles. The SMILES string of the molecule is CC1(C)CC(=O)C2=C(C1)Nc1ccccc1N(CC(=O)NCc1ccccc1)C2c1ccc(F)cc1. The second kappa shape index (κ2) is 9.61. The molecule has 2 N–H and O–H groups in total. The number of rotatable bonds is 5. The number of para-hydroxylation sites is 2. The Hall–Kier alpha value is -3.93. The van der Waals surface area contributed by atoms with Gasteiger partial charge in [0.25, 0.3) is 0 Å². The molecule has 5 nitrogen and oxygen atoms in total. The summed E-state index contributed by atoms with van der Waals surface area (Å²) in [5.41, 5.74) is 4.77. The van der Waals surface area contributed by atoms with Crippen molar-refractivity contribution in [1.82, 2.24) is 5.32 Å². The molecule has 1 unspecified atom stereocenters. The molecule has 1 amide bonds. The Morgan fingerprint density at radius 1 is 1.00 bits per heavy atom. The van der Waals surface area contributed by atoms with Crippen molar-refractivity contribution in [2.75, 3.05) is 16.8 Å². The van der Waals surface area contributed by atoms with Gasteiger partial charge in [0.1, 0.15) is 5.82 Å². The third kappa shape index (κ3) is 4.89. The molecule has 0 aromatic heterocycles. The highest BCUT2D eigenvalue weighted by atomic mass is 19.1. The van der Waals surface area contributed by atoms with Crippen LogP contribution in [0, 0.1) is 11.2 Å². The molecule has 0 fully saturated rings. The number of amides is 1. The summed E-state index contributed by atoms with van der Waals surface area (Å²) in [5, 5.41) is 6.54. The Morgan fingerprint density at radius 2 is 1.69 bits per heavy atom. The zero-order valence-corrected chi connectivity index (χ0v) is 20.6. The molecule has 2 aliphatic rings. The van der Waals surface area contributed by atoms with Crippen LogP contribution in [0.1, 0.15) is 43.9 Å². The first kappa shape index (κ1) is 23.8. The number of hydrogen-bond donors (Lipinski definition) is 2. The second-order valence-electron chi connectivity index (χ2n) is 10.3. The molecule has 6 heteroatoms. The largest absolute Gasteiger partial charge is 0.357 e. The van der Waals surface area contributed by atoms with Crippen molar-refractivity contribution in [2.45, 2.75) is 39.3 Å². The number of halogens is 1. The number of ketones is 1. The van der Waals surface area contributed by atoms with Crippen LogP contribution in [0.2, 0.25) is 0 Å². The van der Waals surface area contributed by atoms with E-state index < -0.39 is 6.04 Å². The predicted octanol–water partition coefficient (Wildman–Crippen LogP) is 5.76. The number of anilines is 2. The smallest absolute Gasteiger partial charge is 0.239 e. The highest BCUT2D eigenvalue weighted by molar-refractivity contribution is 6.01. The van der Waals surface area contributed by atoms with Gasteiger partial charge in [-0.25, -0.2) is 4.39 Å². The summed E-state index contributed by atoms with van der Waals surface area (Å²) in [5.74, 6) is -0.456. The van der Waals surface area contributed by atoms with Gasteiger partial charge in [0, 0.05) is 24.2 Å². The summed E-state index contributed by atoms with van der Waals surface area (Å²) in [4.78, 5) is 28.9. The van der Waals surface area contributed by atoms with Crippen LogP contribution < -0.4 is 15.5 Å². The summed E-state index contributed by atoms with van der Waals surface area (Å²) >= 11 is 0. The third-order valence-electron chi connectivity index (χ3n) is 6.84. The summed E-state index contributed by atoms with van der Waals surface area (Å²) in [7, 11) is 0. The molecule has 0 saturated heterocycles. The Morgan fingerprint density at radius 3 is 2.44 bits per heavy atom. The van der Waals surface area contributed by atoms with Crippen molar-refractivity contribution in [3.63, 3.8) is 0 Å². The first-order valence-corrected chi connectivity index (χ1v) is 12.3. The van der Waals surface area contributed by atoms with Crippen LogP contribution in [0.4, 0.5) is 15.8 Å². The van der Waals surface area contributed by atoms with Gasteiger partial charge >= 0.3 is 0 Å². The fourth-order valence-electron chi connectivity index (χ4n) is 5.23. The summed E-state index contributed by atoms with van der Waals surface area (Å²) in [6, 6.07) is 23.2. The molecule has 36 heavy (non-hydrogen) atoms. The number of nitrogens with one attached hydrogen (secondary N) is 2. The van der Waals surface area contributed by atoms with Crippen LogP contribution in [0.15, 0.2) is 90.1 Å². The van der Waals surface area contributed by atoms with Crippen LogP contribution in [0.25, 0.3) is 0 Å². The molecule has 0 bridgehead atoms. The van der Waals surface area contributed by atoms with Gasteiger partial charge in [-0.2, -0.15) is 0 Å². The monoisotopic (exact) mass is 483 g/mol. The van der Waals surface area contributed by atoms with Crippen LogP contribution in [0.5, 0.6) is 0 Å². The Labute approximate surface area is 211 Å².